The predicted octanol–water partition coefficient (Wildman–Crippen LogP) is 1.72. The second-order valence-electron chi connectivity index (χ2n) is 4.48. The molecule has 2 aromatic rings. The summed E-state index contributed by atoms with van der Waals surface area (Å²) in [6.07, 6.45) is 0. The fraction of sp³-hybridized carbons (Fsp3) is 0.250. The van der Waals surface area contributed by atoms with Crippen molar-refractivity contribution >= 4 is 0 Å². The highest BCUT2D eigenvalue weighted by atomic mass is 16.3. The van der Waals surface area contributed by atoms with Crippen LogP contribution in [0.3, 0.4) is 0 Å². The van der Waals surface area contributed by atoms with Crippen LogP contribution >= 0.6 is 0 Å². The second-order valence-corrected chi connectivity index (χ2v) is 4.48. The van der Waals surface area contributed by atoms with Gasteiger partial charge in [0.05, 0.1) is 25.3 Å². The molecule has 0 amide bonds. The van der Waals surface area contributed by atoms with Crippen LogP contribution in [0.4, 0.5) is 0 Å². The summed E-state index contributed by atoms with van der Waals surface area (Å²) < 4.78 is 0. The molecule has 2 rings (SSSR count). The zero-order valence-electron chi connectivity index (χ0n) is 10.7. The fourth-order valence-electron chi connectivity index (χ4n) is 2.07. The molecule has 19 heavy (non-hydrogen) atoms. The molecule has 0 atom stereocenters. The molecule has 0 heterocycles. The average Bonchev–Trinajstić information content (AvgIpc) is 2.50. The van der Waals surface area contributed by atoms with Gasteiger partial charge in [-0.05, 0) is 11.1 Å². The molecule has 0 unspecified atom stereocenters. The van der Waals surface area contributed by atoms with E-state index in [-0.39, 0.29) is 25.3 Å². The summed E-state index contributed by atoms with van der Waals surface area (Å²) in [6, 6.07) is 19.7. The van der Waals surface area contributed by atoms with Crippen LogP contribution in [0.25, 0.3) is 0 Å². The number of hydrogen-bond donors (Lipinski definition) is 3. The molecule has 2 aromatic carbocycles. The summed E-state index contributed by atoms with van der Waals surface area (Å²) in [7, 11) is 0. The molecule has 3 heteroatoms. The Kier molecular flexibility index (Phi) is 5.10. The third-order valence-electron chi connectivity index (χ3n) is 3.11. The SMILES string of the molecule is OCC(CO)NC(c1ccccc1)c1ccccc1. The molecular weight excluding hydrogens is 238 g/mol. The van der Waals surface area contributed by atoms with Gasteiger partial charge in [0, 0.05) is 0 Å². The minimum atomic E-state index is -0.328. The van der Waals surface area contributed by atoms with Crippen molar-refractivity contribution in [2.45, 2.75) is 12.1 Å². The molecule has 0 aromatic heterocycles. The van der Waals surface area contributed by atoms with Gasteiger partial charge in [-0.15, -0.1) is 0 Å². The number of aliphatic hydroxyl groups excluding tert-OH is 2. The van der Waals surface area contributed by atoms with E-state index in [9.17, 15) is 10.2 Å². The highest BCUT2D eigenvalue weighted by Crippen LogP contribution is 2.22. The van der Waals surface area contributed by atoms with Crippen molar-refractivity contribution in [1.29, 1.82) is 0 Å². The molecule has 0 aliphatic heterocycles. The van der Waals surface area contributed by atoms with Crippen molar-refractivity contribution in [3.05, 3.63) is 71.8 Å². The maximum Gasteiger partial charge on any atom is 0.0607 e. The number of aliphatic hydroxyl groups is 2. The zero-order valence-corrected chi connectivity index (χ0v) is 10.7. The topological polar surface area (TPSA) is 52.5 Å². The summed E-state index contributed by atoms with van der Waals surface area (Å²) in [5.41, 5.74) is 2.22. The Morgan fingerprint density at radius 3 is 1.53 bits per heavy atom. The maximum absolute atomic E-state index is 9.25. The average molecular weight is 257 g/mol. The van der Waals surface area contributed by atoms with E-state index in [1.807, 2.05) is 60.7 Å². The van der Waals surface area contributed by atoms with Crippen LogP contribution in [0.1, 0.15) is 17.2 Å². The monoisotopic (exact) mass is 257 g/mol. The Morgan fingerprint density at radius 1 is 0.737 bits per heavy atom. The first-order valence-corrected chi connectivity index (χ1v) is 6.43. The molecule has 0 radical (unpaired) electrons. The minimum Gasteiger partial charge on any atom is -0.395 e. The van der Waals surface area contributed by atoms with E-state index in [1.54, 1.807) is 0 Å². The van der Waals surface area contributed by atoms with Gasteiger partial charge in [0.2, 0.25) is 0 Å². The number of rotatable bonds is 6. The number of hydrogen-bond acceptors (Lipinski definition) is 3. The standard InChI is InChI=1S/C16H19NO2/c18-11-15(12-19)17-16(13-7-3-1-4-8-13)14-9-5-2-6-10-14/h1-10,15-19H,11-12H2. The molecular formula is C16H19NO2. The quantitative estimate of drug-likeness (QED) is 0.738. The van der Waals surface area contributed by atoms with Gasteiger partial charge in [0.1, 0.15) is 0 Å². The van der Waals surface area contributed by atoms with Gasteiger partial charge in [-0.2, -0.15) is 0 Å². The highest BCUT2D eigenvalue weighted by molar-refractivity contribution is 5.31. The van der Waals surface area contributed by atoms with E-state index in [0.717, 1.165) is 11.1 Å². The van der Waals surface area contributed by atoms with Crippen molar-refractivity contribution < 1.29 is 10.2 Å². The molecule has 0 saturated carbocycles. The van der Waals surface area contributed by atoms with Crippen molar-refractivity contribution in [3.63, 3.8) is 0 Å². The van der Waals surface area contributed by atoms with Crippen LogP contribution in [-0.2, 0) is 0 Å². The molecule has 3 nitrogen and oxygen atoms in total. The van der Waals surface area contributed by atoms with Gasteiger partial charge >= 0.3 is 0 Å². The van der Waals surface area contributed by atoms with Crippen molar-refractivity contribution in [1.82, 2.24) is 5.32 Å². The van der Waals surface area contributed by atoms with E-state index < -0.39 is 0 Å². The van der Waals surface area contributed by atoms with Crippen LogP contribution in [-0.4, -0.2) is 29.5 Å². The lowest BCUT2D eigenvalue weighted by Gasteiger charge is -2.24. The van der Waals surface area contributed by atoms with Crippen LogP contribution in [0.15, 0.2) is 60.7 Å². The number of benzene rings is 2. The summed E-state index contributed by atoms with van der Waals surface area (Å²) in [6.45, 7) is -0.181. The molecule has 0 aliphatic carbocycles. The van der Waals surface area contributed by atoms with Gasteiger partial charge in [-0.3, -0.25) is 5.32 Å². The van der Waals surface area contributed by atoms with Gasteiger partial charge in [-0.1, -0.05) is 60.7 Å². The summed E-state index contributed by atoms with van der Waals surface area (Å²) in [5.74, 6) is 0. The molecule has 0 fully saturated rings. The Morgan fingerprint density at radius 2 is 1.16 bits per heavy atom. The second kappa shape index (κ2) is 7.04. The van der Waals surface area contributed by atoms with Crippen LogP contribution < -0.4 is 5.32 Å². The fourth-order valence-corrected chi connectivity index (χ4v) is 2.07. The Labute approximate surface area is 113 Å². The third-order valence-corrected chi connectivity index (χ3v) is 3.11. The van der Waals surface area contributed by atoms with E-state index >= 15 is 0 Å². The van der Waals surface area contributed by atoms with Crippen molar-refractivity contribution in [3.8, 4) is 0 Å². The zero-order chi connectivity index (χ0) is 13.5. The van der Waals surface area contributed by atoms with Gasteiger partial charge in [0.25, 0.3) is 0 Å². The molecule has 0 saturated heterocycles. The van der Waals surface area contributed by atoms with Crippen LogP contribution in [0.5, 0.6) is 0 Å². The van der Waals surface area contributed by atoms with Crippen molar-refractivity contribution in [2.24, 2.45) is 0 Å². The Hall–Kier alpha value is -1.68. The first-order chi connectivity index (χ1) is 9.35. The molecule has 0 aliphatic rings. The van der Waals surface area contributed by atoms with E-state index in [0.29, 0.717) is 0 Å². The summed E-state index contributed by atoms with van der Waals surface area (Å²) >= 11 is 0. The normalized spacial score (nSPS) is 11.2. The van der Waals surface area contributed by atoms with Gasteiger partial charge < -0.3 is 10.2 Å². The first-order valence-electron chi connectivity index (χ1n) is 6.43. The Balaban J connectivity index is 2.29. The third kappa shape index (κ3) is 3.64. The minimum absolute atomic E-state index is 0.0355. The van der Waals surface area contributed by atoms with Crippen LogP contribution in [0, 0.1) is 0 Å². The first kappa shape index (κ1) is 13.7. The van der Waals surface area contributed by atoms with E-state index in [4.69, 9.17) is 0 Å². The molecule has 0 spiro atoms. The smallest absolute Gasteiger partial charge is 0.0607 e. The van der Waals surface area contributed by atoms with E-state index in [2.05, 4.69) is 5.32 Å². The molecule has 3 N–H and O–H groups in total. The molecule has 100 valence electrons. The van der Waals surface area contributed by atoms with Crippen molar-refractivity contribution in [2.75, 3.05) is 13.2 Å². The van der Waals surface area contributed by atoms with E-state index in [1.165, 1.54) is 0 Å². The van der Waals surface area contributed by atoms with Gasteiger partial charge in [-0.25, -0.2) is 0 Å². The predicted molar refractivity (Wildman–Crippen MR) is 75.8 cm³/mol. The largest absolute Gasteiger partial charge is 0.395 e. The molecule has 0 bridgehead atoms. The lowest BCUT2D eigenvalue weighted by molar-refractivity contribution is 0.165. The summed E-state index contributed by atoms with van der Waals surface area (Å²) in [4.78, 5) is 0. The lowest BCUT2D eigenvalue weighted by Crippen LogP contribution is -2.38. The van der Waals surface area contributed by atoms with Crippen LogP contribution in [0.2, 0.25) is 0 Å². The Bertz CT molecular complexity index is 429. The number of nitrogens with one attached hydrogen (secondary N) is 1. The maximum atomic E-state index is 9.25. The highest BCUT2D eigenvalue weighted by Gasteiger charge is 2.17. The lowest BCUT2D eigenvalue weighted by atomic mass is 9.98. The summed E-state index contributed by atoms with van der Waals surface area (Å²) in [5, 5.41) is 21.8. The van der Waals surface area contributed by atoms with Gasteiger partial charge in [0.15, 0.2) is 0 Å².